The molecule has 4 nitrogen and oxygen atoms in total. The van der Waals surface area contributed by atoms with E-state index < -0.39 is 41.0 Å². The normalized spacial score (nSPS) is 11.6. The molecule has 0 saturated carbocycles. The monoisotopic (exact) mass is 362 g/mol. The second-order valence-electron chi connectivity index (χ2n) is 4.56. The van der Waals surface area contributed by atoms with E-state index in [1.807, 2.05) is 5.43 Å². The van der Waals surface area contributed by atoms with Gasteiger partial charge in [-0.2, -0.15) is 5.10 Å². The highest BCUT2D eigenvalue weighted by atomic mass is 19.4. The minimum absolute atomic E-state index is 0.0579. The molecule has 1 N–H and O–H groups in total. The summed E-state index contributed by atoms with van der Waals surface area (Å²) in [7, 11) is 0. The van der Waals surface area contributed by atoms with Crippen molar-refractivity contribution < 1.29 is 35.9 Å². The third kappa shape index (κ3) is 5.23. The van der Waals surface area contributed by atoms with Crippen molar-refractivity contribution in [2.75, 3.05) is 0 Å². The SMILES string of the molecule is O=C(N/N=C/c1cc(F)c(F)cc1F)c1ccc(OC(F)(F)F)cc1. The Labute approximate surface area is 136 Å². The Morgan fingerprint density at radius 3 is 2.20 bits per heavy atom. The molecule has 0 aliphatic carbocycles. The lowest BCUT2D eigenvalue weighted by molar-refractivity contribution is -0.274. The molecule has 0 unspecified atom stereocenters. The minimum Gasteiger partial charge on any atom is -0.406 e. The first-order valence-electron chi connectivity index (χ1n) is 6.49. The highest BCUT2D eigenvalue weighted by molar-refractivity contribution is 5.95. The van der Waals surface area contributed by atoms with Crippen LogP contribution in [0.15, 0.2) is 41.5 Å². The molecule has 2 rings (SSSR count). The van der Waals surface area contributed by atoms with Crippen molar-refractivity contribution in [3.8, 4) is 5.75 Å². The second-order valence-corrected chi connectivity index (χ2v) is 4.56. The number of rotatable bonds is 4. The number of amides is 1. The van der Waals surface area contributed by atoms with Crippen LogP contribution in [0.4, 0.5) is 26.3 Å². The Morgan fingerprint density at radius 1 is 1.00 bits per heavy atom. The molecule has 0 saturated heterocycles. The van der Waals surface area contributed by atoms with Crippen LogP contribution in [-0.4, -0.2) is 18.5 Å². The molecule has 2 aromatic rings. The maximum absolute atomic E-state index is 13.3. The Hall–Kier alpha value is -3.04. The summed E-state index contributed by atoms with van der Waals surface area (Å²) in [4.78, 5) is 11.7. The van der Waals surface area contributed by atoms with E-state index in [2.05, 4.69) is 9.84 Å². The van der Waals surface area contributed by atoms with E-state index in [1.165, 1.54) is 0 Å². The quantitative estimate of drug-likeness (QED) is 0.390. The van der Waals surface area contributed by atoms with Crippen molar-refractivity contribution in [2.24, 2.45) is 5.10 Å². The topological polar surface area (TPSA) is 50.7 Å². The van der Waals surface area contributed by atoms with Gasteiger partial charge >= 0.3 is 6.36 Å². The molecule has 10 heteroatoms. The van der Waals surface area contributed by atoms with Gasteiger partial charge in [0.25, 0.3) is 5.91 Å². The summed E-state index contributed by atoms with van der Waals surface area (Å²) in [6, 6.07) is 4.79. The average molecular weight is 362 g/mol. The van der Waals surface area contributed by atoms with Crippen LogP contribution in [0.5, 0.6) is 5.75 Å². The van der Waals surface area contributed by atoms with Crippen LogP contribution in [0.2, 0.25) is 0 Å². The highest BCUT2D eigenvalue weighted by Gasteiger charge is 2.31. The first-order chi connectivity index (χ1) is 11.7. The van der Waals surface area contributed by atoms with E-state index in [0.29, 0.717) is 12.1 Å². The fourth-order valence-electron chi connectivity index (χ4n) is 1.67. The predicted octanol–water partition coefficient (Wildman–Crippen LogP) is 3.77. The van der Waals surface area contributed by atoms with Crippen molar-refractivity contribution >= 4 is 12.1 Å². The van der Waals surface area contributed by atoms with Gasteiger partial charge in [-0.15, -0.1) is 13.2 Å². The lowest BCUT2D eigenvalue weighted by atomic mass is 10.2. The van der Waals surface area contributed by atoms with Gasteiger partial charge in [-0.25, -0.2) is 18.6 Å². The van der Waals surface area contributed by atoms with Gasteiger partial charge in [0.1, 0.15) is 11.6 Å². The molecule has 0 spiro atoms. The zero-order chi connectivity index (χ0) is 18.6. The molecule has 1 amide bonds. The van der Waals surface area contributed by atoms with Crippen LogP contribution < -0.4 is 10.2 Å². The van der Waals surface area contributed by atoms with Gasteiger partial charge in [0.15, 0.2) is 11.6 Å². The van der Waals surface area contributed by atoms with E-state index in [9.17, 15) is 31.1 Å². The predicted molar refractivity (Wildman–Crippen MR) is 74.5 cm³/mol. The molecule has 0 radical (unpaired) electrons. The fraction of sp³-hybridized carbons (Fsp3) is 0.0667. The lowest BCUT2D eigenvalue weighted by Crippen LogP contribution is -2.19. The minimum atomic E-state index is -4.86. The number of nitrogens with zero attached hydrogens (tertiary/aromatic N) is 1. The summed E-state index contributed by atoms with van der Waals surface area (Å²) < 4.78 is 78.8. The number of nitrogens with one attached hydrogen (secondary N) is 1. The first kappa shape index (κ1) is 18.3. The van der Waals surface area contributed by atoms with Gasteiger partial charge in [0.2, 0.25) is 0 Å². The van der Waals surface area contributed by atoms with Crippen LogP contribution in [0.3, 0.4) is 0 Å². The van der Waals surface area contributed by atoms with Crippen LogP contribution in [-0.2, 0) is 0 Å². The van der Waals surface area contributed by atoms with Crippen LogP contribution in [0.1, 0.15) is 15.9 Å². The third-order valence-corrected chi connectivity index (χ3v) is 2.76. The van der Waals surface area contributed by atoms with Gasteiger partial charge in [0.05, 0.1) is 6.21 Å². The van der Waals surface area contributed by atoms with Gasteiger partial charge in [-0.05, 0) is 30.3 Å². The van der Waals surface area contributed by atoms with Crippen LogP contribution in [0.25, 0.3) is 0 Å². The number of carbonyl (C=O) groups is 1. The van der Waals surface area contributed by atoms with Crippen molar-refractivity contribution in [3.05, 3.63) is 65.0 Å². The number of carbonyl (C=O) groups excluding carboxylic acids is 1. The Morgan fingerprint density at radius 2 is 1.60 bits per heavy atom. The average Bonchev–Trinajstić information content (AvgIpc) is 2.51. The van der Waals surface area contributed by atoms with Crippen molar-refractivity contribution in [3.63, 3.8) is 0 Å². The van der Waals surface area contributed by atoms with E-state index in [0.717, 1.165) is 30.5 Å². The smallest absolute Gasteiger partial charge is 0.406 e. The van der Waals surface area contributed by atoms with Gasteiger partial charge in [0, 0.05) is 17.2 Å². The summed E-state index contributed by atoms with van der Waals surface area (Å²) in [5.41, 5.74) is 1.49. The summed E-state index contributed by atoms with van der Waals surface area (Å²) in [6.45, 7) is 0. The number of hydrazone groups is 1. The number of ether oxygens (including phenoxy) is 1. The molecule has 25 heavy (non-hydrogen) atoms. The van der Waals surface area contributed by atoms with Gasteiger partial charge in [-0.1, -0.05) is 0 Å². The van der Waals surface area contributed by atoms with Crippen LogP contribution in [0, 0.1) is 17.5 Å². The molecule has 0 aromatic heterocycles. The van der Waals surface area contributed by atoms with E-state index in [-0.39, 0.29) is 5.56 Å². The molecule has 0 aliphatic rings. The summed E-state index contributed by atoms with van der Waals surface area (Å²) in [5.74, 6) is -5.10. The van der Waals surface area contributed by atoms with Crippen molar-refractivity contribution in [1.82, 2.24) is 5.43 Å². The lowest BCUT2D eigenvalue weighted by Gasteiger charge is -2.08. The van der Waals surface area contributed by atoms with E-state index >= 15 is 0 Å². The number of hydrogen-bond donors (Lipinski definition) is 1. The molecule has 0 atom stereocenters. The standard InChI is InChI=1S/C15H8F6N2O2/c16-11-6-13(18)12(17)5-9(11)7-22-23-14(24)8-1-3-10(4-2-8)25-15(19,20)21/h1-7H,(H,23,24)/b22-7+. The number of alkyl halides is 3. The first-order valence-corrected chi connectivity index (χ1v) is 6.49. The van der Waals surface area contributed by atoms with Gasteiger partial charge < -0.3 is 4.74 Å². The van der Waals surface area contributed by atoms with Crippen LogP contribution >= 0.6 is 0 Å². The molecule has 132 valence electrons. The molecule has 2 aromatic carbocycles. The largest absolute Gasteiger partial charge is 0.573 e. The van der Waals surface area contributed by atoms with Gasteiger partial charge in [-0.3, -0.25) is 4.79 Å². The van der Waals surface area contributed by atoms with Crippen molar-refractivity contribution in [2.45, 2.75) is 6.36 Å². The summed E-state index contributed by atoms with van der Waals surface area (Å²) >= 11 is 0. The summed E-state index contributed by atoms with van der Waals surface area (Å²) in [6.07, 6.45) is -4.11. The molecule has 0 bridgehead atoms. The van der Waals surface area contributed by atoms with Crippen molar-refractivity contribution in [1.29, 1.82) is 0 Å². The maximum Gasteiger partial charge on any atom is 0.573 e. The fourth-order valence-corrected chi connectivity index (χ4v) is 1.67. The second kappa shape index (κ2) is 7.24. The maximum atomic E-state index is 13.3. The zero-order valence-corrected chi connectivity index (χ0v) is 12.1. The molecule has 0 heterocycles. The van der Waals surface area contributed by atoms with E-state index in [1.54, 1.807) is 0 Å². The van der Waals surface area contributed by atoms with E-state index in [4.69, 9.17) is 0 Å². The number of benzene rings is 2. The molecular weight excluding hydrogens is 354 g/mol. The number of hydrogen-bond acceptors (Lipinski definition) is 3. The Bertz CT molecular complexity index is 803. The molecular formula is C15H8F6N2O2. The number of halogens is 6. The molecule has 0 fully saturated rings. The molecule has 0 aliphatic heterocycles. The third-order valence-electron chi connectivity index (χ3n) is 2.76. The highest BCUT2D eigenvalue weighted by Crippen LogP contribution is 2.22. The summed E-state index contributed by atoms with van der Waals surface area (Å²) in [5, 5.41) is 3.37. The Kier molecular flexibility index (Phi) is 5.30. The Balaban J connectivity index is 2.01. The zero-order valence-electron chi connectivity index (χ0n) is 12.1.